The monoisotopic (exact) mass is 291 g/mol. The highest BCUT2D eigenvalue weighted by molar-refractivity contribution is 5.77. The Hall–Kier alpha value is -1.35. The average molecular weight is 291 g/mol. The number of benzene rings is 1. The van der Waals surface area contributed by atoms with Gasteiger partial charge in [0.15, 0.2) is 0 Å². The molecule has 0 aliphatic rings. The number of aliphatic carboxylic acids is 1. The number of carbonyl (C=O) groups is 1. The summed E-state index contributed by atoms with van der Waals surface area (Å²) in [5, 5.41) is 9.07. The maximum Gasteiger partial charge on any atom is 0.323 e. The van der Waals surface area contributed by atoms with E-state index in [0.29, 0.717) is 12.3 Å². The molecule has 0 bridgehead atoms. The van der Waals surface area contributed by atoms with Gasteiger partial charge in [-0.3, -0.25) is 4.79 Å². The summed E-state index contributed by atoms with van der Waals surface area (Å²) in [5.74, 6) is -0.596. The van der Waals surface area contributed by atoms with Gasteiger partial charge in [0.1, 0.15) is 5.54 Å². The lowest BCUT2D eigenvalue weighted by Crippen LogP contribution is -2.46. The van der Waals surface area contributed by atoms with Crippen molar-refractivity contribution in [1.82, 2.24) is 0 Å². The second kappa shape index (κ2) is 7.08. The van der Waals surface area contributed by atoms with Crippen LogP contribution in [0, 0.1) is 26.7 Å². The molecule has 1 rings (SSSR count). The minimum atomic E-state index is -1.12. The molecule has 0 aromatic heterocycles. The zero-order chi connectivity index (χ0) is 16.2. The van der Waals surface area contributed by atoms with E-state index in [2.05, 4.69) is 39.8 Å². The number of nitrogens with two attached hydrogens (primary N) is 1. The zero-order valence-electron chi connectivity index (χ0n) is 14.0. The number of rotatable bonds is 7. The first kappa shape index (κ1) is 17.7. The van der Waals surface area contributed by atoms with Gasteiger partial charge in [-0.05, 0) is 69.6 Å². The highest BCUT2D eigenvalue weighted by atomic mass is 16.4. The van der Waals surface area contributed by atoms with Crippen LogP contribution in [0.4, 0.5) is 0 Å². The van der Waals surface area contributed by atoms with Crippen LogP contribution in [0.3, 0.4) is 0 Å². The third-order valence-electron chi connectivity index (χ3n) is 4.32. The topological polar surface area (TPSA) is 63.3 Å². The van der Waals surface area contributed by atoms with Crippen molar-refractivity contribution in [3.63, 3.8) is 0 Å². The Labute approximate surface area is 128 Å². The maximum absolute atomic E-state index is 11.0. The average Bonchev–Trinajstić information content (AvgIpc) is 2.34. The van der Waals surface area contributed by atoms with Crippen LogP contribution in [-0.4, -0.2) is 16.6 Å². The standard InChI is InChI=1S/C18H29NO2/c1-12(11-18(5,19)17(20)21)7-6-8-16-10-13(2)9-14(3)15(16)4/h9-10,12H,6-8,11,19H2,1-5H3,(H,20,21). The Bertz CT molecular complexity index is 506. The van der Waals surface area contributed by atoms with Gasteiger partial charge in [-0.2, -0.15) is 0 Å². The van der Waals surface area contributed by atoms with Crippen LogP contribution in [0.15, 0.2) is 12.1 Å². The van der Waals surface area contributed by atoms with Gasteiger partial charge in [-0.1, -0.05) is 31.0 Å². The van der Waals surface area contributed by atoms with Crippen LogP contribution < -0.4 is 5.73 Å². The summed E-state index contributed by atoms with van der Waals surface area (Å²) < 4.78 is 0. The molecule has 118 valence electrons. The molecule has 3 N–H and O–H groups in total. The molecular weight excluding hydrogens is 262 g/mol. The molecule has 0 radical (unpaired) electrons. The summed E-state index contributed by atoms with van der Waals surface area (Å²) in [6.07, 6.45) is 3.65. The highest BCUT2D eigenvalue weighted by Gasteiger charge is 2.29. The first-order chi connectivity index (χ1) is 9.63. The van der Waals surface area contributed by atoms with Crippen molar-refractivity contribution < 1.29 is 9.90 Å². The van der Waals surface area contributed by atoms with E-state index in [1.807, 2.05) is 0 Å². The zero-order valence-corrected chi connectivity index (χ0v) is 14.0. The second-order valence-electron chi connectivity index (χ2n) is 6.79. The van der Waals surface area contributed by atoms with E-state index < -0.39 is 11.5 Å². The van der Waals surface area contributed by atoms with Crippen molar-refractivity contribution in [2.45, 2.75) is 65.8 Å². The fraction of sp³-hybridized carbons (Fsp3) is 0.611. The molecular formula is C18H29NO2. The van der Waals surface area contributed by atoms with Crippen LogP contribution in [0.5, 0.6) is 0 Å². The second-order valence-corrected chi connectivity index (χ2v) is 6.79. The van der Waals surface area contributed by atoms with Gasteiger partial charge in [0.05, 0.1) is 0 Å². The maximum atomic E-state index is 11.0. The molecule has 0 spiro atoms. The van der Waals surface area contributed by atoms with E-state index in [-0.39, 0.29) is 0 Å². The van der Waals surface area contributed by atoms with Gasteiger partial charge in [0.25, 0.3) is 0 Å². The van der Waals surface area contributed by atoms with Gasteiger partial charge in [-0.25, -0.2) is 0 Å². The lowest BCUT2D eigenvalue weighted by molar-refractivity contribution is -0.143. The lowest BCUT2D eigenvalue weighted by atomic mass is 9.87. The normalized spacial score (nSPS) is 15.5. The molecule has 1 aromatic rings. The quantitative estimate of drug-likeness (QED) is 0.804. The Morgan fingerprint density at radius 1 is 1.33 bits per heavy atom. The van der Waals surface area contributed by atoms with Gasteiger partial charge in [-0.15, -0.1) is 0 Å². The van der Waals surface area contributed by atoms with Gasteiger partial charge in [0.2, 0.25) is 0 Å². The predicted molar refractivity (Wildman–Crippen MR) is 87.6 cm³/mol. The Kier molecular flexibility index (Phi) is 5.97. The molecule has 0 saturated heterocycles. The molecule has 0 heterocycles. The van der Waals surface area contributed by atoms with E-state index in [1.54, 1.807) is 6.92 Å². The van der Waals surface area contributed by atoms with Crippen LogP contribution in [-0.2, 0) is 11.2 Å². The summed E-state index contributed by atoms with van der Waals surface area (Å²) in [6, 6.07) is 4.48. The van der Waals surface area contributed by atoms with Crippen molar-refractivity contribution in [3.05, 3.63) is 34.4 Å². The fourth-order valence-corrected chi connectivity index (χ4v) is 2.94. The molecule has 3 nitrogen and oxygen atoms in total. The third-order valence-corrected chi connectivity index (χ3v) is 4.32. The van der Waals surface area contributed by atoms with Crippen LogP contribution in [0.25, 0.3) is 0 Å². The summed E-state index contributed by atoms with van der Waals surface area (Å²) in [6.45, 7) is 10.1. The lowest BCUT2D eigenvalue weighted by Gasteiger charge is -2.23. The first-order valence-electron chi connectivity index (χ1n) is 7.72. The van der Waals surface area contributed by atoms with Crippen molar-refractivity contribution in [2.24, 2.45) is 11.7 Å². The van der Waals surface area contributed by atoms with E-state index in [4.69, 9.17) is 10.8 Å². The van der Waals surface area contributed by atoms with Crippen molar-refractivity contribution in [1.29, 1.82) is 0 Å². The Morgan fingerprint density at radius 3 is 2.52 bits per heavy atom. The molecule has 3 heteroatoms. The Balaban J connectivity index is 2.53. The summed E-state index contributed by atoms with van der Waals surface area (Å²) in [7, 11) is 0. The molecule has 21 heavy (non-hydrogen) atoms. The van der Waals surface area contributed by atoms with Crippen molar-refractivity contribution in [2.75, 3.05) is 0 Å². The minimum Gasteiger partial charge on any atom is -0.480 e. The van der Waals surface area contributed by atoms with Crippen LogP contribution >= 0.6 is 0 Å². The Morgan fingerprint density at radius 2 is 1.95 bits per heavy atom. The largest absolute Gasteiger partial charge is 0.480 e. The number of aryl methyl sites for hydroxylation is 3. The molecule has 0 aliphatic heterocycles. The van der Waals surface area contributed by atoms with Crippen molar-refractivity contribution in [3.8, 4) is 0 Å². The number of hydrogen-bond donors (Lipinski definition) is 2. The predicted octanol–water partition coefficient (Wildman–Crippen LogP) is 3.76. The molecule has 0 amide bonds. The highest BCUT2D eigenvalue weighted by Crippen LogP contribution is 2.22. The number of carboxylic acids is 1. The van der Waals surface area contributed by atoms with Gasteiger partial charge in [0, 0.05) is 0 Å². The summed E-state index contributed by atoms with van der Waals surface area (Å²) >= 11 is 0. The fourth-order valence-electron chi connectivity index (χ4n) is 2.94. The van der Waals surface area contributed by atoms with E-state index in [1.165, 1.54) is 22.3 Å². The summed E-state index contributed by atoms with van der Waals surface area (Å²) in [5.41, 5.74) is 10.1. The third kappa shape index (κ3) is 5.16. The number of carboxylic acid groups (broad SMARTS) is 1. The summed E-state index contributed by atoms with van der Waals surface area (Å²) in [4.78, 5) is 11.0. The van der Waals surface area contributed by atoms with E-state index >= 15 is 0 Å². The molecule has 2 unspecified atom stereocenters. The van der Waals surface area contributed by atoms with Crippen LogP contribution in [0.2, 0.25) is 0 Å². The molecule has 0 saturated carbocycles. The molecule has 0 aliphatic carbocycles. The van der Waals surface area contributed by atoms with E-state index in [9.17, 15) is 4.79 Å². The molecule has 1 aromatic carbocycles. The minimum absolute atomic E-state index is 0.322. The number of hydrogen-bond acceptors (Lipinski definition) is 2. The van der Waals surface area contributed by atoms with Gasteiger partial charge >= 0.3 is 5.97 Å². The molecule has 0 fully saturated rings. The first-order valence-corrected chi connectivity index (χ1v) is 7.72. The van der Waals surface area contributed by atoms with E-state index in [0.717, 1.165) is 19.3 Å². The van der Waals surface area contributed by atoms with Gasteiger partial charge < -0.3 is 10.8 Å². The SMILES string of the molecule is Cc1cc(C)c(C)c(CCCC(C)CC(C)(N)C(=O)O)c1. The van der Waals surface area contributed by atoms with Crippen molar-refractivity contribution >= 4 is 5.97 Å². The van der Waals surface area contributed by atoms with Crippen LogP contribution in [0.1, 0.15) is 55.4 Å². The smallest absolute Gasteiger partial charge is 0.323 e. The molecule has 2 atom stereocenters.